The van der Waals surface area contributed by atoms with Gasteiger partial charge in [0.1, 0.15) is 0 Å². The molecule has 2 aromatic rings. The molecule has 24 heavy (non-hydrogen) atoms. The molecule has 0 unspecified atom stereocenters. The van der Waals surface area contributed by atoms with E-state index in [1.54, 1.807) is 18.2 Å². The van der Waals surface area contributed by atoms with E-state index in [4.69, 9.17) is 0 Å². The highest BCUT2D eigenvalue weighted by atomic mass is 16.2. The zero-order valence-electron chi connectivity index (χ0n) is 13.2. The molecule has 3 amide bonds. The second-order valence-electron chi connectivity index (χ2n) is 5.59. The first-order valence-corrected chi connectivity index (χ1v) is 7.50. The van der Waals surface area contributed by atoms with Crippen molar-refractivity contribution in [3.8, 4) is 0 Å². The van der Waals surface area contributed by atoms with Gasteiger partial charge in [-0.1, -0.05) is 23.8 Å². The van der Waals surface area contributed by atoms with E-state index in [1.165, 1.54) is 18.2 Å². The van der Waals surface area contributed by atoms with Gasteiger partial charge < -0.3 is 5.32 Å². The fourth-order valence-electron chi connectivity index (χ4n) is 2.57. The van der Waals surface area contributed by atoms with Gasteiger partial charge in [-0.05, 0) is 37.3 Å². The number of hydrogen-bond donors (Lipinski definition) is 1. The Morgan fingerprint density at radius 2 is 1.75 bits per heavy atom. The third-order valence-corrected chi connectivity index (χ3v) is 3.85. The number of fused-ring (bicyclic) bond motifs is 1. The molecule has 120 valence electrons. The predicted octanol–water partition coefficient (Wildman–Crippen LogP) is 3.03. The first kappa shape index (κ1) is 15.7. The number of carbonyl (C=O) groups excluding carboxylic acids is 3. The van der Waals surface area contributed by atoms with E-state index < -0.39 is 5.91 Å². The number of carbonyl (C=O) groups is 3. The maximum atomic E-state index is 12.4. The minimum atomic E-state index is -0.403. The van der Waals surface area contributed by atoms with E-state index in [1.807, 2.05) is 19.1 Å². The Morgan fingerprint density at radius 1 is 1.08 bits per heavy atom. The van der Waals surface area contributed by atoms with Crippen LogP contribution in [0.2, 0.25) is 0 Å². The third-order valence-electron chi connectivity index (χ3n) is 3.85. The summed E-state index contributed by atoms with van der Waals surface area (Å²) in [6, 6.07) is 11.9. The van der Waals surface area contributed by atoms with Gasteiger partial charge in [0.05, 0.1) is 11.1 Å². The monoisotopic (exact) mass is 320 g/mol. The molecule has 0 spiro atoms. The summed E-state index contributed by atoms with van der Waals surface area (Å²) in [5.41, 5.74) is 2.65. The van der Waals surface area contributed by atoms with E-state index in [9.17, 15) is 14.4 Å². The molecule has 1 aliphatic rings. The van der Waals surface area contributed by atoms with E-state index >= 15 is 0 Å². The van der Waals surface area contributed by atoms with Gasteiger partial charge in [-0.2, -0.15) is 0 Å². The van der Waals surface area contributed by atoms with Crippen molar-refractivity contribution in [2.24, 2.45) is 0 Å². The lowest BCUT2D eigenvalue weighted by atomic mass is 10.1. The minimum absolute atomic E-state index is 0.150. The summed E-state index contributed by atoms with van der Waals surface area (Å²) in [5.74, 6) is -1.09. The molecule has 5 heteroatoms. The molecule has 0 fully saturated rings. The van der Waals surface area contributed by atoms with E-state index in [0.29, 0.717) is 16.8 Å². The van der Waals surface area contributed by atoms with Crippen LogP contribution in [0.5, 0.6) is 0 Å². The Hall–Kier alpha value is -3.21. The number of anilines is 1. The molecule has 0 radical (unpaired) electrons. The van der Waals surface area contributed by atoms with Crippen LogP contribution in [0.3, 0.4) is 0 Å². The minimum Gasteiger partial charge on any atom is -0.322 e. The number of nitrogens with zero attached hydrogens (tertiary/aromatic N) is 1. The van der Waals surface area contributed by atoms with Crippen LogP contribution in [0.1, 0.15) is 36.6 Å². The first-order chi connectivity index (χ1) is 11.5. The molecule has 0 saturated carbocycles. The number of rotatable bonds is 4. The van der Waals surface area contributed by atoms with Crippen molar-refractivity contribution >= 4 is 23.4 Å². The van der Waals surface area contributed by atoms with E-state index in [0.717, 1.165) is 10.5 Å². The van der Waals surface area contributed by atoms with Crippen molar-refractivity contribution in [3.05, 3.63) is 77.4 Å². The summed E-state index contributed by atoms with van der Waals surface area (Å²) in [6.07, 6.45) is 1.49. The van der Waals surface area contributed by atoms with Gasteiger partial charge in [0, 0.05) is 17.8 Å². The second kappa shape index (κ2) is 6.12. The van der Waals surface area contributed by atoms with Crippen LogP contribution >= 0.6 is 0 Å². The van der Waals surface area contributed by atoms with Crippen LogP contribution in [0.4, 0.5) is 5.69 Å². The molecule has 1 aliphatic heterocycles. The standard InChI is InChI=1S/C19H16N2O3/c1-3-10-21-18(23)15-9-6-13(11-16(15)19(21)24)17(22)20-14-7-4-12(2)5-8-14/h3-9,11H,1,10H2,2H3,(H,20,22). The van der Waals surface area contributed by atoms with Crippen LogP contribution in [-0.2, 0) is 0 Å². The van der Waals surface area contributed by atoms with Gasteiger partial charge in [-0.3, -0.25) is 19.3 Å². The van der Waals surface area contributed by atoms with Crippen molar-refractivity contribution in [1.82, 2.24) is 4.90 Å². The van der Waals surface area contributed by atoms with Crippen molar-refractivity contribution in [1.29, 1.82) is 0 Å². The number of nitrogens with one attached hydrogen (secondary N) is 1. The molecule has 3 rings (SSSR count). The molecular weight excluding hydrogens is 304 g/mol. The number of hydrogen-bond acceptors (Lipinski definition) is 3. The summed E-state index contributed by atoms with van der Waals surface area (Å²) in [7, 11) is 0. The van der Waals surface area contributed by atoms with Gasteiger partial charge in [0.2, 0.25) is 0 Å². The Labute approximate surface area is 139 Å². The smallest absolute Gasteiger partial charge is 0.261 e. The molecular formula is C19H16N2O3. The fraction of sp³-hybridized carbons (Fsp3) is 0.105. The average Bonchev–Trinajstić information content (AvgIpc) is 2.82. The summed E-state index contributed by atoms with van der Waals surface area (Å²) in [5, 5.41) is 2.77. The number of aryl methyl sites for hydroxylation is 1. The molecule has 1 N–H and O–H groups in total. The molecule has 0 aliphatic carbocycles. The quantitative estimate of drug-likeness (QED) is 0.695. The fourth-order valence-corrected chi connectivity index (χ4v) is 2.57. The van der Waals surface area contributed by atoms with Gasteiger partial charge in [0.15, 0.2) is 0 Å². The third kappa shape index (κ3) is 2.72. The molecule has 0 aromatic heterocycles. The van der Waals surface area contributed by atoms with Crippen LogP contribution < -0.4 is 5.32 Å². The Balaban J connectivity index is 1.86. The highest BCUT2D eigenvalue weighted by Crippen LogP contribution is 2.24. The predicted molar refractivity (Wildman–Crippen MR) is 91.1 cm³/mol. The SMILES string of the molecule is C=CCN1C(=O)c2ccc(C(=O)Nc3ccc(C)cc3)cc2C1=O. The van der Waals surface area contributed by atoms with Gasteiger partial charge in [-0.15, -0.1) is 6.58 Å². The Kier molecular flexibility index (Phi) is 4.00. The lowest BCUT2D eigenvalue weighted by Crippen LogP contribution is -2.29. The zero-order valence-corrected chi connectivity index (χ0v) is 13.2. The summed E-state index contributed by atoms with van der Waals surface area (Å²) in [4.78, 5) is 37.9. The second-order valence-corrected chi connectivity index (χ2v) is 5.59. The highest BCUT2D eigenvalue weighted by molar-refractivity contribution is 6.22. The maximum Gasteiger partial charge on any atom is 0.261 e. The summed E-state index contributed by atoms with van der Waals surface area (Å²) < 4.78 is 0. The number of amides is 3. The van der Waals surface area contributed by atoms with Crippen molar-refractivity contribution in [2.75, 3.05) is 11.9 Å². The highest BCUT2D eigenvalue weighted by Gasteiger charge is 2.35. The normalized spacial score (nSPS) is 13.0. The largest absolute Gasteiger partial charge is 0.322 e. The van der Waals surface area contributed by atoms with E-state index in [-0.39, 0.29) is 23.9 Å². The zero-order chi connectivity index (χ0) is 17.3. The van der Waals surface area contributed by atoms with Gasteiger partial charge in [-0.25, -0.2) is 0 Å². The van der Waals surface area contributed by atoms with Crippen molar-refractivity contribution in [2.45, 2.75) is 6.92 Å². The molecule has 0 bridgehead atoms. The van der Waals surface area contributed by atoms with Crippen molar-refractivity contribution < 1.29 is 14.4 Å². The van der Waals surface area contributed by atoms with Crippen LogP contribution in [-0.4, -0.2) is 29.2 Å². The lowest BCUT2D eigenvalue weighted by molar-refractivity contribution is 0.0672. The first-order valence-electron chi connectivity index (χ1n) is 7.50. The number of benzene rings is 2. The summed E-state index contributed by atoms with van der Waals surface area (Å²) in [6.45, 7) is 5.66. The molecule has 1 heterocycles. The summed E-state index contributed by atoms with van der Waals surface area (Å²) >= 11 is 0. The Morgan fingerprint density at radius 3 is 2.42 bits per heavy atom. The molecule has 0 saturated heterocycles. The van der Waals surface area contributed by atoms with Crippen LogP contribution in [0, 0.1) is 6.92 Å². The van der Waals surface area contributed by atoms with Gasteiger partial charge in [0.25, 0.3) is 17.7 Å². The van der Waals surface area contributed by atoms with Crippen LogP contribution in [0.25, 0.3) is 0 Å². The van der Waals surface area contributed by atoms with Crippen LogP contribution in [0.15, 0.2) is 55.1 Å². The average molecular weight is 320 g/mol. The van der Waals surface area contributed by atoms with E-state index in [2.05, 4.69) is 11.9 Å². The number of imide groups is 1. The maximum absolute atomic E-state index is 12.4. The van der Waals surface area contributed by atoms with Gasteiger partial charge >= 0.3 is 0 Å². The molecule has 2 aromatic carbocycles. The Bertz CT molecular complexity index is 853. The topological polar surface area (TPSA) is 66.5 Å². The van der Waals surface area contributed by atoms with Crippen molar-refractivity contribution in [3.63, 3.8) is 0 Å². The lowest BCUT2D eigenvalue weighted by Gasteiger charge is -2.09. The molecule has 5 nitrogen and oxygen atoms in total. The molecule has 0 atom stereocenters.